The van der Waals surface area contributed by atoms with E-state index in [-0.39, 0.29) is 17.6 Å². The van der Waals surface area contributed by atoms with Crippen LogP contribution in [0.4, 0.5) is 0 Å². The number of aryl methyl sites for hydroxylation is 1. The molecule has 7 heteroatoms. The van der Waals surface area contributed by atoms with Gasteiger partial charge in [0.15, 0.2) is 6.10 Å². The summed E-state index contributed by atoms with van der Waals surface area (Å²) in [5.41, 5.74) is 1.46. The minimum Gasteiger partial charge on any atom is -0.449 e. The molecule has 0 saturated carbocycles. The van der Waals surface area contributed by atoms with E-state index in [2.05, 4.69) is 10.3 Å². The van der Waals surface area contributed by atoms with Crippen LogP contribution in [0.25, 0.3) is 5.69 Å². The Kier molecular flexibility index (Phi) is 5.23. The number of nitrogens with one attached hydrogen (secondary N) is 2. The summed E-state index contributed by atoms with van der Waals surface area (Å²) in [5, 5.41) is 2.68. The number of carbonyl (C=O) groups excluding carboxylic acids is 2. The first-order valence-corrected chi connectivity index (χ1v) is 7.68. The van der Waals surface area contributed by atoms with E-state index in [1.54, 1.807) is 37.4 Å². The van der Waals surface area contributed by atoms with Gasteiger partial charge in [-0.15, -0.1) is 0 Å². The molecule has 24 heavy (non-hydrogen) atoms. The highest BCUT2D eigenvalue weighted by molar-refractivity contribution is 5.92. The Bertz CT molecular complexity index is 787. The summed E-state index contributed by atoms with van der Waals surface area (Å²) in [4.78, 5) is 38.2. The molecule has 1 aromatic heterocycles. The number of aromatic amines is 1. The Morgan fingerprint density at radius 3 is 2.29 bits per heavy atom. The second-order valence-corrected chi connectivity index (χ2v) is 5.83. The van der Waals surface area contributed by atoms with Crippen LogP contribution < -0.4 is 11.0 Å². The van der Waals surface area contributed by atoms with Crippen LogP contribution in [0, 0.1) is 6.92 Å². The molecule has 0 aliphatic heterocycles. The predicted molar refractivity (Wildman–Crippen MR) is 89.3 cm³/mol. The van der Waals surface area contributed by atoms with Gasteiger partial charge in [-0.1, -0.05) is 0 Å². The first-order chi connectivity index (χ1) is 11.3. The largest absolute Gasteiger partial charge is 0.449 e. The standard InChI is InChI=1S/C17H21N3O4/c1-10(2)19-15(21)12(4)24-16(22)13-5-7-14(8-6-13)20-11(3)9-18-17(20)23/h5-10,12H,1-4H3,(H,18,23)(H,19,21). The zero-order valence-corrected chi connectivity index (χ0v) is 14.1. The second-order valence-electron chi connectivity index (χ2n) is 5.83. The molecule has 0 bridgehead atoms. The van der Waals surface area contributed by atoms with E-state index in [9.17, 15) is 14.4 Å². The zero-order valence-electron chi connectivity index (χ0n) is 14.1. The van der Waals surface area contributed by atoms with Crippen molar-refractivity contribution in [3.63, 3.8) is 0 Å². The summed E-state index contributed by atoms with van der Waals surface area (Å²) in [6, 6.07) is 6.39. The quantitative estimate of drug-likeness (QED) is 0.813. The highest BCUT2D eigenvalue weighted by Gasteiger charge is 2.19. The molecule has 1 unspecified atom stereocenters. The van der Waals surface area contributed by atoms with Crippen molar-refractivity contribution in [2.75, 3.05) is 0 Å². The van der Waals surface area contributed by atoms with Gasteiger partial charge in [-0.25, -0.2) is 9.59 Å². The molecule has 0 radical (unpaired) electrons. The average molecular weight is 331 g/mol. The van der Waals surface area contributed by atoms with Gasteiger partial charge in [-0.05, 0) is 52.0 Å². The molecule has 2 rings (SSSR count). The fourth-order valence-electron chi connectivity index (χ4n) is 2.21. The van der Waals surface area contributed by atoms with Crippen LogP contribution in [0.3, 0.4) is 0 Å². The third-order valence-electron chi connectivity index (χ3n) is 3.41. The number of imidazole rings is 1. The normalized spacial score (nSPS) is 12.0. The number of rotatable bonds is 5. The number of hydrogen-bond donors (Lipinski definition) is 2. The number of H-pyrrole nitrogens is 1. The number of ether oxygens (including phenoxy) is 1. The van der Waals surface area contributed by atoms with Gasteiger partial charge in [0.2, 0.25) is 0 Å². The fraction of sp³-hybridized carbons (Fsp3) is 0.353. The average Bonchev–Trinajstić information content (AvgIpc) is 2.85. The van der Waals surface area contributed by atoms with Gasteiger partial charge in [0, 0.05) is 17.9 Å². The van der Waals surface area contributed by atoms with Crippen LogP contribution in [-0.4, -0.2) is 33.6 Å². The van der Waals surface area contributed by atoms with E-state index < -0.39 is 12.1 Å². The molecule has 0 aliphatic carbocycles. The maximum atomic E-state index is 12.1. The van der Waals surface area contributed by atoms with E-state index in [0.717, 1.165) is 5.69 Å². The van der Waals surface area contributed by atoms with Crippen molar-refractivity contribution in [3.05, 3.63) is 52.2 Å². The monoisotopic (exact) mass is 331 g/mol. The lowest BCUT2D eigenvalue weighted by molar-refractivity contribution is -0.129. The Hall–Kier alpha value is -2.83. The smallest absolute Gasteiger partial charge is 0.338 e. The predicted octanol–water partition coefficient (Wildman–Crippen LogP) is 1.54. The first kappa shape index (κ1) is 17.5. The van der Waals surface area contributed by atoms with Gasteiger partial charge in [-0.2, -0.15) is 0 Å². The van der Waals surface area contributed by atoms with Gasteiger partial charge >= 0.3 is 11.7 Å². The molecule has 0 fully saturated rings. The third kappa shape index (κ3) is 3.92. The number of esters is 1. The molecule has 0 spiro atoms. The second kappa shape index (κ2) is 7.16. The van der Waals surface area contributed by atoms with Gasteiger partial charge in [0.25, 0.3) is 5.91 Å². The molecule has 1 aromatic carbocycles. The first-order valence-electron chi connectivity index (χ1n) is 7.68. The van der Waals surface area contributed by atoms with Crippen molar-refractivity contribution in [2.24, 2.45) is 0 Å². The van der Waals surface area contributed by atoms with Gasteiger partial charge in [-0.3, -0.25) is 9.36 Å². The minimum atomic E-state index is -0.880. The molecule has 2 aromatic rings. The van der Waals surface area contributed by atoms with Crippen molar-refractivity contribution in [1.29, 1.82) is 0 Å². The van der Waals surface area contributed by atoms with E-state index in [1.807, 2.05) is 13.8 Å². The van der Waals surface area contributed by atoms with Crippen molar-refractivity contribution in [1.82, 2.24) is 14.9 Å². The van der Waals surface area contributed by atoms with Crippen LogP contribution in [-0.2, 0) is 9.53 Å². The summed E-state index contributed by atoms with van der Waals surface area (Å²) in [7, 11) is 0. The molecule has 128 valence electrons. The molecule has 7 nitrogen and oxygen atoms in total. The van der Waals surface area contributed by atoms with Crippen LogP contribution in [0.5, 0.6) is 0 Å². The molecule has 0 aliphatic rings. The molecule has 0 saturated heterocycles. The number of benzene rings is 1. The van der Waals surface area contributed by atoms with Crippen molar-refractivity contribution in [3.8, 4) is 5.69 Å². The topological polar surface area (TPSA) is 93.2 Å². The van der Waals surface area contributed by atoms with Crippen LogP contribution >= 0.6 is 0 Å². The Morgan fingerprint density at radius 2 is 1.79 bits per heavy atom. The summed E-state index contributed by atoms with van der Waals surface area (Å²) in [5.74, 6) is -0.935. The number of amides is 1. The van der Waals surface area contributed by atoms with E-state index >= 15 is 0 Å². The maximum absolute atomic E-state index is 12.1. The lowest BCUT2D eigenvalue weighted by Crippen LogP contribution is -2.39. The molecule has 1 atom stereocenters. The Morgan fingerprint density at radius 1 is 1.17 bits per heavy atom. The molecule has 2 N–H and O–H groups in total. The fourth-order valence-corrected chi connectivity index (χ4v) is 2.21. The molecule has 1 heterocycles. The highest BCUT2D eigenvalue weighted by atomic mass is 16.5. The number of hydrogen-bond acceptors (Lipinski definition) is 4. The van der Waals surface area contributed by atoms with Crippen LogP contribution in [0.2, 0.25) is 0 Å². The van der Waals surface area contributed by atoms with Gasteiger partial charge in [0.05, 0.1) is 11.3 Å². The van der Waals surface area contributed by atoms with Crippen LogP contribution in [0.1, 0.15) is 36.8 Å². The summed E-state index contributed by atoms with van der Waals surface area (Å²) in [6.45, 7) is 6.98. The number of nitrogens with zero attached hydrogens (tertiary/aromatic N) is 1. The van der Waals surface area contributed by atoms with Gasteiger partial charge < -0.3 is 15.0 Å². The molecule has 1 amide bonds. The lowest BCUT2D eigenvalue weighted by atomic mass is 10.2. The number of carbonyl (C=O) groups is 2. The lowest BCUT2D eigenvalue weighted by Gasteiger charge is -2.15. The maximum Gasteiger partial charge on any atom is 0.338 e. The number of aromatic nitrogens is 2. The van der Waals surface area contributed by atoms with Crippen molar-refractivity contribution >= 4 is 11.9 Å². The molecular formula is C17H21N3O4. The molecular weight excluding hydrogens is 310 g/mol. The van der Waals surface area contributed by atoms with Gasteiger partial charge in [0.1, 0.15) is 0 Å². The Labute approximate surface area is 139 Å². The SMILES string of the molecule is Cc1c[nH]c(=O)n1-c1ccc(C(=O)OC(C)C(=O)NC(C)C)cc1. The summed E-state index contributed by atoms with van der Waals surface area (Å²) in [6.07, 6.45) is 0.730. The van der Waals surface area contributed by atoms with E-state index in [4.69, 9.17) is 4.74 Å². The van der Waals surface area contributed by atoms with Crippen molar-refractivity contribution < 1.29 is 14.3 Å². The summed E-state index contributed by atoms with van der Waals surface area (Å²) < 4.78 is 6.65. The van der Waals surface area contributed by atoms with E-state index in [0.29, 0.717) is 11.3 Å². The zero-order chi connectivity index (χ0) is 17.9. The minimum absolute atomic E-state index is 0.0270. The third-order valence-corrected chi connectivity index (χ3v) is 3.41. The van der Waals surface area contributed by atoms with Crippen LogP contribution in [0.15, 0.2) is 35.3 Å². The van der Waals surface area contributed by atoms with E-state index in [1.165, 1.54) is 11.5 Å². The Balaban J connectivity index is 2.09. The highest BCUT2D eigenvalue weighted by Crippen LogP contribution is 2.11. The van der Waals surface area contributed by atoms with Crippen molar-refractivity contribution in [2.45, 2.75) is 39.8 Å². The summed E-state index contributed by atoms with van der Waals surface area (Å²) >= 11 is 0.